The van der Waals surface area contributed by atoms with Gasteiger partial charge in [0.1, 0.15) is 0 Å². The van der Waals surface area contributed by atoms with E-state index >= 15 is 0 Å². The lowest BCUT2D eigenvalue weighted by Gasteiger charge is -2.24. The van der Waals surface area contributed by atoms with Crippen molar-refractivity contribution in [1.29, 1.82) is 0 Å². The van der Waals surface area contributed by atoms with Gasteiger partial charge in [0.2, 0.25) is 0 Å². The Morgan fingerprint density at radius 3 is 2.50 bits per heavy atom. The predicted octanol–water partition coefficient (Wildman–Crippen LogP) is 2.98. The Kier molecular flexibility index (Phi) is 2.16. The van der Waals surface area contributed by atoms with Crippen LogP contribution >= 0.6 is 0 Å². The highest BCUT2D eigenvalue weighted by molar-refractivity contribution is 5.38. The van der Waals surface area contributed by atoms with Crippen LogP contribution in [0.4, 0.5) is 0 Å². The minimum Gasteiger partial charge on any atom is -0.300 e. The van der Waals surface area contributed by atoms with Crippen molar-refractivity contribution in [3.05, 3.63) is 35.4 Å². The molecule has 2 atom stereocenters. The lowest BCUT2D eigenvalue weighted by atomic mass is 9.94. The van der Waals surface area contributed by atoms with Crippen LogP contribution in [0, 0.1) is 12.8 Å². The third kappa shape index (κ3) is 1.41. The summed E-state index contributed by atoms with van der Waals surface area (Å²) in [6, 6.07) is 9.92. The molecule has 1 aliphatic heterocycles. The molecule has 0 spiro atoms. The zero-order valence-electron chi connectivity index (χ0n) is 10.5. The fraction of sp³-hybridized carbons (Fsp3) is 0.600. The van der Waals surface area contributed by atoms with E-state index in [4.69, 9.17) is 0 Å². The van der Waals surface area contributed by atoms with Gasteiger partial charge in [0, 0.05) is 24.5 Å². The standard InChI is InChI=1S/C15H21N/c1-11(2)16-9-14-8-15(14,10-16)13-6-4-12(3)5-7-13/h4-7,11,14H,8-10H2,1-3H3/t14-,15-/m0/s1. The fourth-order valence-electron chi connectivity index (χ4n) is 3.25. The third-order valence-corrected chi connectivity index (χ3v) is 4.53. The van der Waals surface area contributed by atoms with Crippen molar-refractivity contribution in [3.63, 3.8) is 0 Å². The van der Waals surface area contributed by atoms with Crippen molar-refractivity contribution in [2.24, 2.45) is 5.92 Å². The molecule has 2 aliphatic rings. The molecule has 1 heteroatoms. The first-order valence-electron chi connectivity index (χ1n) is 6.43. The first-order valence-corrected chi connectivity index (χ1v) is 6.43. The third-order valence-electron chi connectivity index (χ3n) is 4.53. The Hall–Kier alpha value is -0.820. The molecule has 1 aromatic rings. The van der Waals surface area contributed by atoms with Crippen molar-refractivity contribution in [1.82, 2.24) is 4.90 Å². The molecule has 1 aliphatic carbocycles. The molecule has 0 aromatic heterocycles. The molecule has 2 fully saturated rings. The van der Waals surface area contributed by atoms with Crippen molar-refractivity contribution in [2.75, 3.05) is 13.1 Å². The van der Waals surface area contributed by atoms with Gasteiger partial charge in [-0.05, 0) is 38.7 Å². The van der Waals surface area contributed by atoms with Crippen LogP contribution in [0.5, 0.6) is 0 Å². The maximum Gasteiger partial charge on any atom is 0.0124 e. The highest BCUT2D eigenvalue weighted by Crippen LogP contribution is 2.59. The first kappa shape index (κ1) is 10.3. The molecule has 3 rings (SSSR count). The van der Waals surface area contributed by atoms with Crippen LogP contribution in [0.3, 0.4) is 0 Å². The van der Waals surface area contributed by atoms with E-state index in [1.165, 1.54) is 25.1 Å². The summed E-state index contributed by atoms with van der Waals surface area (Å²) in [6.45, 7) is 9.38. The van der Waals surface area contributed by atoms with E-state index in [-0.39, 0.29) is 0 Å². The van der Waals surface area contributed by atoms with Crippen LogP contribution < -0.4 is 0 Å². The summed E-state index contributed by atoms with van der Waals surface area (Å²) in [5.41, 5.74) is 3.47. The Balaban J connectivity index is 1.84. The van der Waals surface area contributed by atoms with Gasteiger partial charge in [-0.15, -0.1) is 0 Å². The zero-order chi connectivity index (χ0) is 11.3. The van der Waals surface area contributed by atoms with E-state index in [0.29, 0.717) is 11.5 Å². The largest absolute Gasteiger partial charge is 0.300 e. The summed E-state index contributed by atoms with van der Waals surface area (Å²) in [4.78, 5) is 2.63. The normalized spacial score (nSPS) is 33.1. The van der Waals surface area contributed by atoms with E-state index in [2.05, 4.69) is 49.9 Å². The van der Waals surface area contributed by atoms with Crippen LogP contribution in [0.15, 0.2) is 24.3 Å². The molecular weight excluding hydrogens is 194 g/mol. The topological polar surface area (TPSA) is 3.24 Å². The molecule has 0 amide bonds. The monoisotopic (exact) mass is 215 g/mol. The Morgan fingerprint density at radius 2 is 1.94 bits per heavy atom. The van der Waals surface area contributed by atoms with Gasteiger partial charge in [0.25, 0.3) is 0 Å². The molecule has 1 saturated carbocycles. The summed E-state index contributed by atoms with van der Waals surface area (Å²) in [6.07, 6.45) is 1.42. The quantitative estimate of drug-likeness (QED) is 0.733. The van der Waals surface area contributed by atoms with Crippen LogP contribution in [-0.2, 0) is 5.41 Å². The lowest BCUT2D eigenvalue weighted by Crippen LogP contribution is -2.32. The summed E-state index contributed by atoms with van der Waals surface area (Å²) >= 11 is 0. The number of fused-ring (bicyclic) bond motifs is 1. The highest BCUT2D eigenvalue weighted by Gasteiger charge is 2.60. The van der Waals surface area contributed by atoms with Crippen LogP contribution in [-0.4, -0.2) is 24.0 Å². The Morgan fingerprint density at radius 1 is 1.25 bits per heavy atom. The Bertz CT molecular complexity index is 392. The van der Waals surface area contributed by atoms with Crippen LogP contribution in [0.25, 0.3) is 0 Å². The minimum absolute atomic E-state index is 0.526. The van der Waals surface area contributed by atoms with Crippen molar-refractivity contribution >= 4 is 0 Å². The number of hydrogen-bond donors (Lipinski definition) is 0. The van der Waals surface area contributed by atoms with E-state index < -0.39 is 0 Å². The van der Waals surface area contributed by atoms with E-state index in [9.17, 15) is 0 Å². The van der Waals surface area contributed by atoms with Gasteiger partial charge in [-0.1, -0.05) is 29.8 Å². The predicted molar refractivity (Wildman–Crippen MR) is 67.7 cm³/mol. The summed E-state index contributed by atoms with van der Waals surface area (Å²) in [5, 5.41) is 0. The lowest BCUT2D eigenvalue weighted by molar-refractivity contribution is 0.243. The average molecular weight is 215 g/mol. The highest BCUT2D eigenvalue weighted by atomic mass is 15.2. The molecular formula is C15H21N. The number of hydrogen-bond acceptors (Lipinski definition) is 1. The second-order valence-electron chi connectivity index (χ2n) is 5.95. The van der Waals surface area contributed by atoms with Gasteiger partial charge in [0.15, 0.2) is 0 Å². The number of aryl methyl sites for hydroxylation is 1. The number of likely N-dealkylation sites (tertiary alicyclic amines) is 1. The van der Waals surface area contributed by atoms with Crippen LogP contribution in [0.1, 0.15) is 31.4 Å². The second kappa shape index (κ2) is 3.33. The maximum atomic E-state index is 2.63. The summed E-state index contributed by atoms with van der Waals surface area (Å²) in [7, 11) is 0. The van der Waals surface area contributed by atoms with Gasteiger partial charge >= 0.3 is 0 Å². The number of piperidine rings is 1. The van der Waals surface area contributed by atoms with E-state index in [1.54, 1.807) is 5.56 Å². The first-order chi connectivity index (χ1) is 7.62. The maximum absolute atomic E-state index is 2.63. The number of benzene rings is 1. The molecule has 0 radical (unpaired) electrons. The molecule has 0 N–H and O–H groups in total. The van der Waals surface area contributed by atoms with Gasteiger partial charge < -0.3 is 0 Å². The minimum atomic E-state index is 0.526. The molecule has 0 bridgehead atoms. The summed E-state index contributed by atoms with van der Waals surface area (Å²) < 4.78 is 0. The molecule has 1 saturated heterocycles. The van der Waals surface area contributed by atoms with Crippen molar-refractivity contribution in [3.8, 4) is 0 Å². The molecule has 0 unspecified atom stereocenters. The SMILES string of the molecule is Cc1ccc([C@@]23C[C@H]2CN(C(C)C)C3)cc1. The average Bonchev–Trinajstić information content (AvgIpc) is 2.82. The molecule has 1 nitrogen and oxygen atoms in total. The van der Waals surface area contributed by atoms with Crippen LogP contribution in [0.2, 0.25) is 0 Å². The fourth-order valence-corrected chi connectivity index (χ4v) is 3.25. The second-order valence-corrected chi connectivity index (χ2v) is 5.95. The summed E-state index contributed by atoms with van der Waals surface area (Å²) in [5.74, 6) is 0.928. The number of rotatable bonds is 2. The molecule has 1 heterocycles. The van der Waals surface area contributed by atoms with E-state index in [0.717, 1.165) is 5.92 Å². The molecule has 86 valence electrons. The zero-order valence-corrected chi connectivity index (χ0v) is 10.5. The van der Waals surface area contributed by atoms with Gasteiger partial charge in [-0.25, -0.2) is 0 Å². The van der Waals surface area contributed by atoms with Gasteiger partial charge in [-0.2, -0.15) is 0 Å². The van der Waals surface area contributed by atoms with Gasteiger partial charge in [-0.3, -0.25) is 4.90 Å². The number of nitrogens with zero attached hydrogens (tertiary/aromatic N) is 1. The van der Waals surface area contributed by atoms with Crippen molar-refractivity contribution < 1.29 is 0 Å². The molecule has 16 heavy (non-hydrogen) atoms. The molecule has 1 aromatic carbocycles. The Labute approximate surface area is 98.5 Å². The smallest absolute Gasteiger partial charge is 0.0124 e. The van der Waals surface area contributed by atoms with Crippen molar-refractivity contribution in [2.45, 2.75) is 38.6 Å². The van der Waals surface area contributed by atoms with E-state index in [1.807, 2.05) is 0 Å². The van der Waals surface area contributed by atoms with Gasteiger partial charge in [0.05, 0.1) is 0 Å².